The molecule has 2 aliphatic rings. The molecule has 4 rings (SSSR count). The second kappa shape index (κ2) is 16.0. The molecular weight excluding hydrogens is 646 g/mol. The van der Waals surface area contributed by atoms with Gasteiger partial charge in [-0.25, -0.2) is 9.78 Å². The van der Waals surface area contributed by atoms with Gasteiger partial charge < -0.3 is 35.0 Å². The van der Waals surface area contributed by atoms with E-state index in [1.165, 1.54) is 4.90 Å². The summed E-state index contributed by atoms with van der Waals surface area (Å²) in [6, 6.07) is 5.78. The lowest BCUT2D eigenvalue weighted by atomic mass is 9.85. The molecule has 3 heterocycles. The lowest BCUT2D eigenvalue weighted by Gasteiger charge is -2.35. The van der Waals surface area contributed by atoms with Gasteiger partial charge in [0.1, 0.15) is 24.3 Å². The minimum Gasteiger partial charge on any atom is -0.444 e. The first kappa shape index (κ1) is 38.3. The van der Waals surface area contributed by atoms with E-state index in [1.807, 2.05) is 85.2 Å². The largest absolute Gasteiger partial charge is 0.444 e. The molecule has 4 amide bonds. The lowest BCUT2D eigenvalue weighted by molar-refractivity contribution is -0.144. The molecular formula is C36H53N5O7S. The van der Waals surface area contributed by atoms with Crippen LogP contribution in [-0.4, -0.2) is 100 Å². The Morgan fingerprint density at radius 3 is 2.27 bits per heavy atom. The Bertz CT molecular complexity index is 1460. The fourth-order valence-electron chi connectivity index (χ4n) is 6.15. The van der Waals surface area contributed by atoms with Gasteiger partial charge in [0.2, 0.25) is 17.7 Å². The second-order valence-corrected chi connectivity index (χ2v) is 16.2. The van der Waals surface area contributed by atoms with Crippen LogP contribution in [-0.2, 0) is 23.9 Å². The number of aryl methyl sites for hydroxylation is 1. The molecule has 0 saturated carbocycles. The Morgan fingerprint density at radius 2 is 1.69 bits per heavy atom. The van der Waals surface area contributed by atoms with Crippen molar-refractivity contribution in [1.82, 2.24) is 25.4 Å². The fourth-order valence-corrected chi connectivity index (χ4v) is 6.96. The summed E-state index contributed by atoms with van der Waals surface area (Å²) >= 11 is 1.58. The molecule has 0 aliphatic carbocycles. The van der Waals surface area contributed by atoms with Crippen LogP contribution in [0.15, 0.2) is 29.8 Å². The monoisotopic (exact) mass is 699 g/mol. The van der Waals surface area contributed by atoms with Gasteiger partial charge in [0.05, 0.1) is 34.8 Å². The number of rotatable bonds is 10. The van der Waals surface area contributed by atoms with Gasteiger partial charge in [0.25, 0.3) is 0 Å². The Balaban J connectivity index is 1.30. The van der Waals surface area contributed by atoms with Crippen LogP contribution in [0.25, 0.3) is 10.4 Å². The number of nitrogens with one attached hydrogen (secondary N) is 2. The molecule has 0 bridgehead atoms. The first-order valence-corrected chi connectivity index (χ1v) is 17.9. The Morgan fingerprint density at radius 1 is 1.04 bits per heavy atom. The van der Waals surface area contributed by atoms with Crippen molar-refractivity contribution in [2.24, 2.45) is 11.3 Å². The van der Waals surface area contributed by atoms with E-state index in [0.29, 0.717) is 19.7 Å². The first-order chi connectivity index (χ1) is 22.9. The second-order valence-electron chi connectivity index (χ2n) is 15.3. The summed E-state index contributed by atoms with van der Waals surface area (Å²) in [6.07, 6.45) is 0.395. The average Bonchev–Trinajstić information content (AvgIpc) is 3.63. The van der Waals surface area contributed by atoms with E-state index in [0.717, 1.165) is 34.5 Å². The van der Waals surface area contributed by atoms with Crippen LogP contribution in [0, 0.1) is 18.3 Å². The zero-order chi connectivity index (χ0) is 36.1. The third-order valence-corrected chi connectivity index (χ3v) is 9.89. The average molecular weight is 700 g/mol. The van der Waals surface area contributed by atoms with E-state index in [-0.39, 0.29) is 43.5 Å². The van der Waals surface area contributed by atoms with Crippen molar-refractivity contribution in [3.63, 3.8) is 0 Å². The van der Waals surface area contributed by atoms with Crippen LogP contribution in [0.2, 0.25) is 0 Å². The van der Waals surface area contributed by atoms with Crippen LogP contribution >= 0.6 is 11.3 Å². The number of β-amino-alcohol motifs (C(OH)–C–C–N with tert-alkyl or cyclic N) is 1. The molecule has 2 aliphatic heterocycles. The van der Waals surface area contributed by atoms with Gasteiger partial charge in [0.15, 0.2) is 0 Å². The number of thiazole rings is 1. The topological polar surface area (TPSA) is 150 Å². The molecule has 3 N–H and O–H groups in total. The highest BCUT2D eigenvalue weighted by atomic mass is 32.1. The van der Waals surface area contributed by atoms with Crippen molar-refractivity contribution in [3.05, 3.63) is 41.0 Å². The number of likely N-dealkylation sites (tertiary alicyclic amines) is 2. The number of benzene rings is 1. The number of piperidine rings is 1. The fraction of sp³-hybridized carbons (Fsp3) is 0.639. The summed E-state index contributed by atoms with van der Waals surface area (Å²) in [7, 11) is 0. The zero-order valence-electron chi connectivity index (χ0n) is 30.1. The van der Waals surface area contributed by atoms with Gasteiger partial charge in [-0.3, -0.25) is 14.4 Å². The molecule has 2 aromatic rings. The highest BCUT2D eigenvalue weighted by Crippen LogP contribution is 2.30. The van der Waals surface area contributed by atoms with E-state index in [2.05, 4.69) is 15.6 Å². The number of ether oxygens (including phenoxy) is 2. The Kier molecular flexibility index (Phi) is 12.5. The molecule has 4 atom stereocenters. The summed E-state index contributed by atoms with van der Waals surface area (Å²) in [5.41, 5.74) is 3.52. The third-order valence-electron chi connectivity index (χ3n) is 8.91. The number of aliphatic hydroxyl groups excluding tert-OH is 1. The third kappa shape index (κ3) is 10.5. The summed E-state index contributed by atoms with van der Waals surface area (Å²) < 4.78 is 11.2. The number of hydrogen-bond acceptors (Lipinski definition) is 9. The van der Waals surface area contributed by atoms with Crippen molar-refractivity contribution in [2.45, 2.75) is 104 Å². The molecule has 12 nitrogen and oxygen atoms in total. The van der Waals surface area contributed by atoms with Crippen LogP contribution in [0.5, 0.6) is 0 Å². The van der Waals surface area contributed by atoms with Crippen LogP contribution in [0.3, 0.4) is 0 Å². The molecule has 0 unspecified atom stereocenters. The predicted molar refractivity (Wildman–Crippen MR) is 188 cm³/mol. The minimum atomic E-state index is -0.943. The molecule has 270 valence electrons. The van der Waals surface area contributed by atoms with E-state index in [4.69, 9.17) is 9.47 Å². The summed E-state index contributed by atoms with van der Waals surface area (Å²) in [5.74, 6) is -1.03. The number of hydrogen-bond donors (Lipinski definition) is 3. The molecule has 0 radical (unpaired) electrons. The quantitative estimate of drug-likeness (QED) is 0.329. The SMILES string of the molecule is Cc1ncsc1-c1ccc([C@H](C)NC(=O)[C@@H]2C[C@@H](O)CN2C(=O)[C@@H](NC(=O)COCC2CCN(C(=O)OC(C)(C)C)CC2)C(C)(C)C)cc1. The molecule has 2 saturated heterocycles. The van der Waals surface area contributed by atoms with Crippen LogP contribution < -0.4 is 10.6 Å². The summed E-state index contributed by atoms with van der Waals surface area (Å²) in [6.45, 7) is 16.1. The van der Waals surface area contributed by atoms with Crippen LogP contribution in [0.4, 0.5) is 4.79 Å². The minimum absolute atomic E-state index is 0.00482. The molecule has 2 fully saturated rings. The number of amides is 4. The predicted octanol–water partition coefficient (Wildman–Crippen LogP) is 4.45. The number of aromatic nitrogens is 1. The van der Waals surface area contributed by atoms with Crippen molar-refractivity contribution in [2.75, 3.05) is 32.8 Å². The van der Waals surface area contributed by atoms with Gasteiger partial charge in [-0.2, -0.15) is 0 Å². The highest BCUT2D eigenvalue weighted by Gasteiger charge is 2.44. The number of carbonyl (C=O) groups is 4. The van der Waals surface area contributed by atoms with Gasteiger partial charge >= 0.3 is 6.09 Å². The van der Waals surface area contributed by atoms with Crippen molar-refractivity contribution in [3.8, 4) is 10.4 Å². The van der Waals surface area contributed by atoms with Gasteiger partial charge in [0, 0.05) is 26.1 Å². The smallest absolute Gasteiger partial charge is 0.410 e. The maximum absolute atomic E-state index is 13.9. The lowest BCUT2D eigenvalue weighted by Crippen LogP contribution is -2.58. The zero-order valence-corrected chi connectivity index (χ0v) is 30.9. The van der Waals surface area contributed by atoms with E-state index >= 15 is 0 Å². The van der Waals surface area contributed by atoms with Gasteiger partial charge in [-0.1, -0.05) is 45.0 Å². The van der Waals surface area contributed by atoms with Crippen LogP contribution in [0.1, 0.15) is 85.0 Å². The van der Waals surface area contributed by atoms with E-state index in [1.54, 1.807) is 16.2 Å². The van der Waals surface area contributed by atoms with Gasteiger partial charge in [-0.15, -0.1) is 11.3 Å². The normalized spacial score (nSPS) is 20.1. The molecule has 49 heavy (non-hydrogen) atoms. The van der Waals surface area contributed by atoms with E-state index < -0.39 is 41.0 Å². The maximum Gasteiger partial charge on any atom is 0.410 e. The first-order valence-electron chi connectivity index (χ1n) is 17.1. The molecule has 1 aromatic heterocycles. The Labute approximate surface area is 293 Å². The standard InChI is InChI=1S/C36H53N5O7S/c1-22(25-9-11-26(12-10-25)30-23(2)37-21-49-30)38-32(44)28-17-27(42)18-41(28)33(45)31(35(3,4)5)39-29(43)20-47-19-24-13-15-40(16-14-24)34(46)48-36(6,7)8/h9-12,21-22,24,27-28,31,42H,13-20H2,1-8H3,(H,38,44)(H,39,43)/t22-,27+,28-,31+/m0/s1. The van der Waals surface area contributed by atoms with Crippen molar-refractivity contribution >= 4 is 35.2 Å². The summed E-state index contributed by atoms with van der Waals surface area (Å²) in [4.78, 5) is 61.3. The molecule has 13 heteroatoms. The van der Waals surface area contributed by atoms with E-state index in [9.17, 15) is 24.3 Å². The molecule has 0 spiro atoms. The highest BCUT2D eigenvalue weighted by molar-refractivity contribution is 7.13. The number of carbonyl (C=O) groups excluding carboxylic acids is 4. The Hall–Kier alpha value is -3.55. The maximum atomic E-state index is 13.9. The molecule has 1 aromatic carbocycles. The van der Waals surface area contributed by atoms with Crippen molar-refractivity contribution in [1.29, 1.82) is 0 Å². The van der Waals surface area contributed by atoms with Gasteiger partial charge in [-0.05, 0) is 69.9 Å². The summed E-state index contributed by atoms with van der Waals surface area (Å²) in [5, 5.41) is 16.4. The van der Waals surface area contributed by atoms with Crippen molar-refractivity contribution < 1.29 is 33.8 Å². The number of nitrogens with zero attached hydrogens (tertiary/aromatic N) is 3. The number of aliphatic hydroxyl groups is 1.